The van der Waals surface area contributed by atoms with E-state index >= 15 is 0 Å². The summed E-state index contributed by atoms with van der Waals surface area (Å²) in [5.41, 5.74) is 0.405. The standard InChI is InChI=1S/C12H21NO3/c1-8(2)9-6-13(7-10(9)14)11(15)16-12(3,4)5/h9-10,14H,1,6-7H2,2-5H3. The van der Waals surface area contributed by atoms with Gasteiger partial charge in [0.1, 0.15) is 5.60 Å². The minimum absolute atomic E-state index is 0.0347. The average molecular weight is 227 g/mol. The molecule has 4 nitrogen and oxygen atoms in total. The molecule has 1 amide bonds. The first-order valence-electron chi connectivity index (χ1n) is 5.52. The largest absolute Gasteiger partial charge is 0.444 e. The van der Waals surface area contributed by atoms with E-state index in [1.165, 1.54) is 4.90 Å². The van der Waals surface area contributed by atoms with Gasteiger partial charge in [-0.2, -0.15) is 0 Å². The van der Waals surface area contributed by atoms with E-state index in [1.54, 1.807) is 0 Å². The Morgan fingerprint density at radius 2 is 2.00 bits per heavy atom. The van der Waals surface area contributed by atoms with Crippen LogP contribution in [0.3, 0.4) is 0 Å². The maximum Gasteiger partial charge on any atom is 0.410 e. The molecule has 0 aromatic carbocycles. The van der Waals surface area contributed by atoms with Crippen LogP contribution >= 0.6 is 0 Å². The zero-order valence-corrected chi connectivity index (χ0v) is 10.5. The van der Waals surface area contributed by atoms with Crippen LogP contribution in [0.15, 0.2) is 12.2 Å². The maximum absolute atomic E-state index is 11.7. The molecular weight excluding hydrogens is 206 g/mol. The zero-order chi connectivity index (χ0) is 12.5. The van der Waals surface area contributed by atoms with Gasteiger partial charge in [0.05, 0.1) is 12.6 Å². The van der Waals surface area contributed by atoms with Crippen molar-refractivity contribution in [2.45, 2.75) is 39.4 Å². The summed E-state index contributed by atoms with van der Waals surface area (Å²) in [6.07, 6.45) is -0.889. The Morgan fingerprint density at radius 1 is 1.44 bits per heavy atom. The second-order valence-electron chi connectivity index (χ2n) is 5.41. The normalized spacial score (nSPS) is 25.7. The molecule has 2 atom stereocenters. The number of aliphatic hydroxyl groups excluding tert-OH is 1. The van der Waals surface area contributed by atoms with Crippen LogP contribution in [-0.4, -0.2) is 40.9 Å². The number of hydrogen-bond donors (Lipinski definition) is 1. The van der Waals surface area contributed by atoms with Crippen LogP contribution < -0.4 is 0 Å². The fourth-order valence-electron chi connectivity index (χ4n) is 1.75. The first-order valence-corrected chi connectivity index (χ1v) is 5.52. The molecule has 0 aliphatic carbocycles. The molecule has 92 valence electrons. The lowest BCUT2D eigenvalue weighted by Crippen LogP contribution is -2.35. The summed E-state index contributed by atoms with van der Waals surface area (Å²) in [4.78, 5) is 13.3. The average Bonchev–Trinajstić information content (AvgIpc) is 2.44. The number of amides is 1. The van der Waals surface area contributed by atoms with Gasteiger partial charge in [-0.25, -0.2) is 4.79 Å². The monoisotopic (exact) mass is 227 g/mol. The molecule has 1 rings (SSSR count). The molecule has 0 aromatic heterocycles. The number of nitrogens with zero attached hydrogens (tertiary/aromatic N) is 1. The molecule has 0 saturated carbocycles. The van der Waals surface area contributed by atoms with Crippen molar-refractivity contribution in [2.24, 2.45) is 5.92 Å². The minimum Gasteiger partial charge on any atom is -0.444 e. The molecule has 0 aromatic rings. The number of ether oxygens (including phenoxy) is 1. The van der Waals surface area contributed by atoms with E-state index in [1.807, 2.05) is 27.7 Å². The molecule has 16 heavy (non-hydrogen) atoms. The number of aliphatic hydroxyl groups is 1. The molecule has 2 unspecified atom stereocenters. The van der Waals surface area contributed by atoms with Gasteiger partial charge in [0.15, 0.2) is 0 Å². The van der Waals surface area contributed by atoms with Gasteiger partial charge in [0, 0.05) is 12.5 Å². The first-order chi connectivity index (χ1) is 7.20. The molecule has 1 heterocycles. The van der Waals surface area contributed by atoms with Crippen molar-refractivity contribution in [3.63, 3.8) is 0 Å². The third-order valence-corrected chi connectivity index (χ3v) is 2.57. The van der Waals surface area contributed by atoms with Gasteiger partial charge in [0.2, 0.25) is 0 Å². The summed E-state index contributed by atoms with van der Waals surface area (Å²) in [6.45, 7) is 12.0. The fourth-order valence-corrected chi connectivity index (χ4v) is 1.75. The molecular formula is C12H21NO3. The van der Waals surface area contributed by atoms with Gasteiger partial charge >= 0.3 is 6.09 Å². The summed E-state index contributed by atoms with van der Waals surface area (Å²) < 4.78 is 5.24. The van der Waals surface area contributed by atoms with Crippen LogP contribution in [0.25, 0.3) is 0 Å². The van der Waals surface area contributed by atoms with E-state index in [-0.39, 0.29) is 12.0 Å². The lowest BCUT2D eigenvalue weighted by Gasteiger charge is -2.24. The van der Waals surface area contributed by atoms with E-state index in [2.05, 4.69) is 6.58 Å². The fraction of sp³-hybridized carbons (Fsp3) is 0.750. The van der Waals surface area contributed by atoms with E-state index in [9.17, 15) is 9.90 Å². The number of carbonyl (C=O) groups excluding carboxylic acids is 1. The Kier molecular flexibility index (Phi) is 3.63. The SMILES string of the molecule is C=C(C)C1CN(C(=O)OC(C)(C)C)CC1O. The summed E-state index contributed by atoms with van der Waals surface area (Å²) in [7, 11) is 0. The van der Waals surface area contributed by atoms with Crippen LogP contribution in [0.5, 0.6) is 0 Å². The first kappa shape index (κ1) is 13.0. The van der Waals surface area contributed by atoms with Crippen molar-refractivity contribution in [3.8, 4) is 0 Å². The van der Waals surface area contributed by atoms with E-state index < -0.39 is 11.7 Å². The highest BCUT2D eigenvalue weighted by atomic mass is 16.6. The van der Waals surface area contributed by atoms with Crippen LogP contribution in [0, 0.1) is 5.92 Å². The molecule has 1 fully saturated rings. The number of rotatable bonds is 1. The van der Waals surface area contributed by atoms with Gasteiger partial charge in [-0.15, -0.1) is 0 Å². The van der Waals surface area contributed by atoms with E-state index in [0.717, 1.165) is 5.57 Å². The third kappa shape index (κ3) is 3.23. The summed E-state index contributed by atoms with van der Waals surface area (Å²) in [5.74, 6) is -0.0347. The third-order valence-electron chi connectivity index (χ3n) is 2.57. The molecule has 1 aliphatic heterocycles. The van der Waals surface area contributed by atoms with Crippen LogP contribution in [0.1, 0.15) is 27.7 Å². The van der Waals surface area contributed by atoms with Crippen molar-refractivity contribution in [1.29, 1.82) is 0 Å². The summed E-state index contributed by atoms with van der Waals surface area (Å²) in [5, 5.41) is 9.77. The predicted molar refractivity (Wildman–Crippen MR) is 62.1 cm³/mol. The van der Waals surface area contributed by atoms with Crippen molar-refractivity contribution >= 4 is 6.09 Å². The Balaban J connectivity index is 2.58. The van der Waals surface area contributed by atoms with E-state index in [4.69, 9.17) is 4.74 Å². The second-order valence-corrected chi connectivity index (χ2v) is 5.41. The lowest BCUT2D eigenvalue weighted by atomic mass is 9.99. The highest BCUT2D eigenvalue weighted by Gasteiger charge is 2.36. The number of hydrogen-bond acceptors (Lipinski definition) is 3. The van der Waals surface area contributed by atoms with Gasteiger partial charge in [-0.05, 0) is 27.7 Å². The minimum atomic E-state index is -0.523. The van der Waals surface area contributed by atoms with Crippen molar-refractivity contribution in [2.75, 3.05) is 13.1 Å². The topological polar surface area (TPSA) is 49.8 Å². The number of likely N-dealkylation sites (tertiary alicyclic amines) is 1. The van der Waals surface area contributed by atoms with Gasteiger partial charge < -0.3 is 14.7 Å². The predicted octanol–water partition coefficient (Wildman–Crippen LogP) is 1.79. The number of β-amino-alcohol motifs (C(OH)–C–C–N with tert-alkyl or cyclic N) is 1. The van der Waals surface area contributed by atoms with Crippen molar-refractivity contribution in [1.82, 2.24) is 4.90 Å². The Bertz CT molecular complexity index is 293. The summed E-state index contributed by atoms with van der Waals surface area (Å²) in [6, 6.07) is 0. The Hall–Kier alpha value is -1.03. The number of carbonyl (C=O) groups is 1. The molecule has 0 radical (unpaired) electrons. The Morgan fingerprint density at radius 3 is 2.38 bits per heavy atom. The maximum atomic E-state index is 11.7. The van der Waals surface area contributed by atoms with Gasteiger partial charge in [0.25, 0.3) is 0 Å². The van der Waals surface area contributed by atoms with Crippen molar-refractivity contribution < 1.29 is 14.6 Å². The lowest BCUT2D eigenvalue weighted by molar-refractivity contribution is 0.0270. The van der Waals surface area contributed by atoms with Crippen LogP contribution in [0.4, 0.5) is 4.79 Å². The highest BCUT2D eigenvalue weighted by molar-refractivity contribution is 5.68. The Labute approximate surface area is 96.9 Å². The van der Waals surface area contributed by atoms with Gasteiger partial charge in [-0.3, -0.25) is 0 Å². The molecule has 1 aliphatic rings. The molecule has 0 spiro atoms. The summed E-state index contributed by atoms with van der Waals surface area (Å²) >= 11 is 0. The molecule has 0 bridgehead atoms. The quantitative estimate of drug-likeness (QED) is 0.695. The highest BCUT2D eigenvalue weighted by Crippen LogP contribution is 2.24. The zero-order valence-electron chi connectivity index (χ0n) is 10.5. The molecule has 4 heteroatoms. The van der Waals surface area contributed by atoms with Crippen LogP contribution in [0.2, 0.25) is 0 Å². The molecule has 1 saturated heterocycles. The molecule has 1 N–H and O–H groups in total. The van der Waals surface area contributed by atoms with Gasteiger partial charge in [-0.1, -0.05) is 12.2 Å². The second kappa shape index (κ2) is 4.45. The van der Waals surface area contributed by atoms with Crippen molar-refractivity contribution in [3.05, 3.63) is 12.2 Å². The smallest absolute Gasteiger partial charge is 0.410 e. The van der Waals surface area contributed by atoms with E-state index in [0.29, 0.717) is 13.1 Å². The van der Waals surface area contributed by atoms with Crippen LogP contribution in [-0.2, 0) is 4.74 Å².